The monoisotopic (exact) mass is 347 g/mol. The SMILES string of the molecule is COC(=O)c1cn(-c2ccc(OC)c(OC)c2)cc(C(=O)OC)c1=O. The molecule has 0 aliphatic heterocycles. The van der Waals surface area contributed by atoms with E-state index in [-0.39, 0.29) is 11.1 Å². The van der Waals surface area contributed by atoms with Crippen LogP contribution >= 0.6 is 0 Å². The Labute approximate surface area is 143 Å². The standard InChI is InChI=1S/C17H17NO7/c1-22-13-6-5-10(7-14(13)23-2)18-8-11(16(20)24-3)15(19)12(9-18)17(21)25-4/h5-9H,1-4H3. The first-order chi connectivity index (χ1) is 12.0. The van der Waals surface area contributed by atoms with Gasteiger partial charge in [-0.05, 0) is 12.1 Å². The Morgan fingerprint density at radius 1 is 0.840 bits per heavy atom. The van der Waals surface area contributed by atoms with Gasteiger partial charge in [-0.15, -0.1) is 0 Å². The van der Waals surface area contributed by atoms with Crippen LogP contribution in [0.3, 0.4) is 0 Å². The number of hydrogen-bond donors (Lipinski definition) is 0. The van der Waals surface area contributed by atoms with Crippen LogP contribution in [0.1, 0.15) is 20.7 Å². The second-order valence-electron chi connectivity index (χ2n) is 4.84. The van der Waals surface area contributed by atoms with Gasteiger partial charge >= 0.3 is 11.9 Å². The van der Waals surface area contributed by atoms with Gasteiger partial charge < -0.3 is 23.5 Å². The predicted octanol–water partition coefficient (Wildman–Crippen LogP) is 1.43. The fourth-order valence-corrected chi connectivity index (χ4v) is 2.22. The predicted molar refractivity (Wildman–Crippen MR) is 87.8 cm³/mol. The number of benzene rings is 1. The minimum Gasteiger partial charge on any atom is -0.493 e. The number of pyridine rings is 1. The first kappa shape index (κ1) is 18.1. The molecule has 0 unspecified atom stereocenters. The van der Waals surface area contributed by atoms with E-state index in [0.717, 1.165) is 14.2 Å². The van der Waals surface area contributed by atoms with Gasteiger partial charge in [-0.2, -0.15) is 0 Å². The Kier molecular flexibility index (Phi) is 5.43. The number of nitrogens with zero attached hydrogens (tertiary/aromatic N) is 1. The molecule has 0 N–H and O–H groups in total. The Hall–Kier alpha value is -3.29. The molecule has 0 bridgehead atoms. The summed E-state index contributed by atoms with van der Waals surface area (Å²) in [5.41, 5.74) is -0.816. The number of hydrogen-bond acceptors (Lipinski definition) is 7. The lowest BCUT2D eigenvalue weighted by molar-refractivity contribution is 0.0595. The van der Waals surface area contributed by atoms with E-state index in [1.54, 1.807) is 18.2 Å². The van der Waals surface area contributed by atoms with Gasteiger partial charge in [-0.25, -0.2) is 9.59 Å². The molecule has 0 aliphatic carbocycles. The van der Waals surface area contributed by atoms with E-state index in [0.29, 0.717) is 17.2 Å². The number of aromatic nitrogens is 1. The molecule has 0 spiro atoms. The third-order valence-electron chi connectivity index (χ3n) is 3.50. The van der Waals surface area contributed by atoms with Crippen molar-refractivity contribution in [1.82, 2.24) is 4.57 Å². The van der Waals surface area contributed by atoms with Crippen LogP contribution in [0.2, 0.25) is 0 Å². The normalized spacial score (nSPS) is 10.1. The lowest BCUT2D eigenvalue weighted by Gasteiger charge is -2.13. The number of ether oxygens (including phenoxy) is 4. The minimum absolute atomic E-state index is 0.291. The van der Waals surface area contributed by atoms with E-state index < -0.39 is 17.4 Å². The van der Waals surface area contributed by atoms with Crippen molar-refractivity contribution in [2.75, 3.05) is 28.4 Å². The Balaban J connectivity index is 2.71. The van der Waals surface area contributed by atoms with E-state index in [1.807, 2.05) is 0 Å². The number of esters is 2. The molecule has 1 aromatic carbocycles. The highest BCUT2D eigenvalue weighted by Crippen LogP contribution is 2.29. The van der Waals surface area contributed by atoms with Crippen LogP contribution in [-0.2, 0) is 9.47 Å². The molecule has 8 heteroatoms. The molecule has 2 rings (SSSR count). The van der Waals surface area contributed by atoms with Crippen molar-refractivity contribution in [3.05, 3.63) is 51.9 Å². The van der Waals surface area contributed by atoms with E-state index >= 15 is 0 Å². The van der Waals surface area contributed by atoms with E-state index in [2.05, 4.69) is 9.47 Å². The van der Waals surface area contributed by atoms with Crippen LogP contribution in [0.25, 0.3) is 5.69 Å². The van der Waals surface area contributed by atoms with Crippen molar-refractivity contribution in [3.63, 3.8) is 0 Å². The average Bonchev–Trinajstić information content (AvgIpc) is 2.66. The molecular weight excluding hydrogens is 330 g/mol. The zero-order chi connectivity index (χ0) is 18.6. The Morgan fingerprint density at radius 2 is 1.36 bits per heavy atom. The summed E-state index contributed by atoms with van der Waals surface area (Å²) in [5, 5.41) is 0. The van der Waals surface area contributed by atoms with Gasteiger partial charge in [-0.3, -0.25) is 4.79 Å². The van der Waals surface area contributed by atoms with Crippen molar-refractivity contribution >= 4 is 11.9 Å². The Morgan fingerprint density at radius 3 is 1.80 bits per heavy atom. The fourth-order valence-electron chi connectivity index (χ4n) is 2.22. The number of carbonyl (C=O) groups excluding carboxylic acids is 2. The number of carbonyl (C=O) groups is 2. The van der Waals surface area contributed by atoms with Gasteiger partial charge in [0.2, 0.25) is 5.43 Å². The highest BCUT2D eigenvalue weighted by atomic mass is 16.5. The van der Waals surface area contributed by atoms with Gasteiger partial charge in [0, 0.05) is 24.1 Å². The van der Waals surface area contributed by atoms with E-state index in [4.69, 9.17) is 9.47 Å². The molecule has 0 aliphatic rings. The largest absolute Gasteiger partial charge is 0.493 e. The van der Waals surface area contributed by atoms with Crippen LogP contribution < -0.4 is 14.9 Å². The number of rotatable bonds is 5. The molecule has 0 radical (unpaired) electrons. The van der Waals surface area contributed by atoms with Crippen molar-refractivity contribution < 1.29 is 28.5 Å². The van der Waals surface area contributed by atoms with Gasteiger partial charge in [0.25, 0.3) is 0 Å². The first-order valence-electron chi connectivity index (χ1n) is 7.12. The van der Waals surface area contributed by atoms with Crippen LogP contribution in [0, 0.1) is 0 Å². The van der Waals surface area contributed by atoms with E-state index in [1.165, 1.54) is 31.2 Å². The maximum absolute atomic E-state index is 12.3. The van der Waals surface area contributed by atoms with Crippen molar-refractivity contribution in [2.24, 2.45) is 0 Å². The molecule has 0 amide bonds. The van der Waals surface area contributed by atoms with E-state index in [9.17, 15) is 14.4 Å². The van der Waals surface area contributed by atoms with Gasteiger partial charge in [0.1, 0.15) is 11.1 Å². The molecule has 1 heterocycles. The summed E-state index contributed by atoms with van der Waals surface area (Å²) in [6, 6.07) is 4.96. The first-order valence-corrected chi connectivity index (χ1v) is 7.12. The highest BCUT2D eigenvalue weighted by molar-refractivity contribution is 5.94. The zero-order valence-electron chi connectivity index (χ0n) is 14.2. The van der Waals surface area contributed by atoms with Gasteiger partial charge in [-0.1, -0.05) is 0 Å². The molecule has 0 atom stereocenters. The summed E-state index contributed by atoms with van der Waals surface area (Å²) in [6.07, 6.45) is 2.56. The van der Waals surface area contributed by atoms with Gasteiger partial charge in [0.05, 0.1) is 28.4 Å². The van der Waals surface area contributed by atoms with Crippen LogP contribution in [0.4, 0.5) is 0 Å². The minimum atomic E-state index is -0.857. The van der Waals surface area contributed by atoms with Crippen LogP contribution in [0.5, 0.6) is 11.5 Å². The Bertz CT molecular complexity index is 830. The third kappa shape index (κ3) is 3.47. The van der Waals surface area contributed by atoms with Crippen molar-refractivity contribution in [1.29, 1.82) is 0 Å². The maximum Gasteiger partial charge on any atom is 0.343 e. The van der Waals surface area contributed by atoms with Gasteiger partial charge in [0.15, 0.2) is 11.5 Å². The van der Waals surface area contributed by atoms with Crippen LogP contribution in [0.15, 0.2) is 35.4 Å². The fraction of sp³-hybridized carbons (Fsp3) is 0.235. The molecule has 1 aromatic heterocycles. The molecule has 0 saturated heterocycles. The third-order valence-corrected chi connectivity index (χ3v) is 3.50. The second-order valence-corrected chi connectivity index (χ2v) is 4.84. The maximum atomic E-state index is 12.3. The lowest BCUT2D eigenvalue weighted by Crippen LogP contribution is -2.25. The molecular formula is C17H17NO7. The molecule has 132 valence electrons. The van der Waals surface area contributed by atoms with Crippen molar-refractivity contribution in [2.45, 2.75) is 0 Å². The summed E-state index contributed by atoms with van der Waals surface area (Å²) >= 11 is 0. The second kappa shape index (κ2) is 7.52. The molecule has 0 fully saturated rings. The summed E-state index contributed by atoms with van der Waals surface area (Å²) in [6.45, 7) is 0. The lowest BCUT2D eigenvalue weighted by atomic mass is 10.1. The van der Waals surface area contributed by atoms with Crippen molar-refractivity contribution in [3.8, 4) is 17.2 Å². The quantitative estimate of drug-likeness (QED) is 0.755. The number of methoxy groups -OCH3 is 4. The topological polar surface area (TPSA) is 93.1 Å². The smallest absolute Gasteiger partial charge is 0.343 e. The summed E-state index contributed by atoms with van der Waals surface area (Å²) in [4.78, 5) is 36.1. The summed E-state index contributed by atoms with van der Waals surface area (Å²) < 4.78 is 21.1. The summed E-state index contributed by atoms with van der Waals surface area (Å²) in [7, 11) is 5.27. The molecule has 0 saturated carbocycles. The molecule has 8 nitrogen and oxygen atoms in total. The van der Waals surface area contributed by atoms with Crippen LogP contribution in [-0.4, -0.2) is 44.9 Å². The molecule has 25 heavy (non-hydrogen) atoms. The zero-order valence-corrected chi connectivity index (χ0v) is 14.2. The summed E-state index contributed by atoms with van der Waals surface area (Å²) in [5.74, 6) is -0.762. The molecule has 2 aromatic rings. The average molecular weight is 347 g/mol. The highest BCUT2D eigenvalue weighted by Gasteiger charge is 2.21.